The molecule has 0 aromatic carbocycles. The maximum absolute atomic E-state index is 12.9. The minimum absolute atomic E-state index is 0.153. The van der Waals surface area contributed by atoms with Crippen LogP contribution >= 0.6 is 22.9 Å². The van der Waals surface area contributed by atoms with E-state index in [9.17, 15) is 9.18 Å². The molecule has 1 aromatic heterocycles. The largest absolute Gasteiger partial charge is 0.292 e. The Bertz CT molecular complexity index is 362. The van der Waals surface area contributed by atoms with Crippen LogP contribution in [0.15, 0.2) is 11.4 Å². The first-order valence-electron chi connectivity index (χ1n) is 3.97. The van der Waals surface area contributed by atoms with Gasteiger partial charge >= 0.3 is 0 Å². The van der Waals surface area contributed by atoms with E-state index in [-0.39, 0.29) is 5.78 Å². The topological polar surface area (TPSA) is 17.1 Å². The van der Waals surface area contributed by atoms with E-state index in [0.29, 0.717) is 16.3 Å². The first-order valence-corrected chi connectivity index (χ1v) is 5.23. The van der Waals surface area contributed by atoms with Crippen molar-refractivity contribution in [2.45, 2.75) is 19.5 Å². The Balaban J connectivity index is 2.29. The zero-order valence-electron chi connectivity index (χ0n) is 7.01. The second-order valence-corrected chi connectivity index (χ2v) is 4.84. The van der Waals surface area contributed by atoms with Crippen LogP contribution in [-0.4, -0.2) is 12.0 Å². The van der Waals surface area contributed by atoms with Crippen LogP contribution in [0.3, 0.4) is 0 Å². The van der Waals surface area contributed by atoms with Gasteiger partial charge in [-0.05, 0) is 24.8 Å². The molecule has 0 amide bonds. The number of rotatable bonds is 2. The Morgan fingerprint density at radius 3 is 2.85 bits per heavy atom. The monoisotopic (exact) mass is 218 g/mol. The second-order valence-electron chi connectivity index (χ2n) is 3.52. The van der Waals surface area contributed by atoms with E-state index in [1.165, 1.54) is 11.3 Å². The zero-order valence-corrected chi connectivity index (χ0v) is 8.58. The highest BCUT2D eigenvalue weighted by Gasteiger charge is 2.57. The van der Waals surface area contributed by atoms with Gasteiger partial charge in [0.1, 0.15) is 6.17 Å². The molecule has 1 saturated carbocycles. The molecular weight excluding hydrogens is 211 g/mol. The third-order valence-electron chi connectivity index (χ3n) is 2.48. The molecule has 2 unspecified atom stereocenters. The molecule has 0 N–H and O–H groups in total. The van der Waals surface area contributed by atoms with Crippen LogP contribution in [0.4, 0.5) is 4.39 Å². The third kappa shape index (κ3) is 1.30. The summed E-state index contributed by atoms with van der Waals surface area (Å²) in [6, 6.07) is 1.67. The summed E-state index contributed by atoms with van der Waals surface area (Å²) in [6.07, 6.45) is -0.654. The summed E-state index contributed by atoms with van der Waals surface area (Å²) < 4.78 is 12.9. The lowest BCUT2D eigenvalue weighted by atomic mass is 10.0. The van der Waals surface area contributed by atoms with Crippen LogP contribution in [0, 0.1) is 5.41 Å². The van der Waals surface area contributed by atoms with Crippen molar-refractivity contribution < 1.29 is 9.18 Å². The lowest BCUT2D eigenvalue weighted by Crippen LogP contribution is -2.14. The quantitative estimate of drug-likeness (QED) is 0.696. The van der Waals surface area contributed by atoms with Gasteiger partial charge in [-0.2, -0.15) is 0 Å². The number of hydrogen-bond acceptors (Lipinski definition) is 2. The summed E-state index contributed by atoms with van der Waals surface area (Å²) in [5.41, 5.74) is -0.797. The zero-order chi connectivity index (χ0) is 9.64. The van der Waals surface area contributed by atoms with Crippen molar-refractivity contribution in [3.8, 4) is 0 Å². The first-order chi connectivity index (χ1) is 6.05. The normalized spacial score (nSPS) is 31.8. The predicted octanol–water partition coefficient (Wildman–Crippen LogP) is 3.33. The van der Waals surface area contributed by atoms with E-state index in [2.05, 4.69) is 0 Å². The van der Waals surface area contributed by atoms with Gasteiger partial charge in [0.05, 0.1) is 15.3 Å². The highest BCUT2D eigenvalue weighted by atomic mass is 35.5. The molecular formula is C9H8ClFOS. The Morgan fingerprint density at radius 1 is 1.85 bits per heavy atom. The van der Waals surface area contributed by atoms with Gasteiger partial charge in [0, 0.05) is 0 Å². The van der Waals surface area contributed by atoms with Crippen molar-refractivity contribution in [3.63, 3.8) is 0 Å². The van der Waals surface area contributed by atoms with E-state index in [1.807, 2.05) is 0 Å². The smallest absolute Gasteiger partial charge is 0.183 e. The minimum Gasteiger partial charge on any atom is -0.292 e. The van der Waals surface area contributed by atoms with E-state index >= 15 is 0 Å². The molecule has 0 aliphatic heterocycles. The van der Waals surface area contributed by atoms with Crippen molar-refractivity contribution in [2.24, 2.45) is 5.41 Å². The van der Waals surface area contributed by atoms with Crippen LogP contribution in [0.5, 0.6) is 0 Å². The standard InChI is InChI=1S/C9H8ClFOS/c1-9(4-6(9)11)8(12)7-5(10)2-3-13-7/h2-3,6H,4H2,1H3. The molecule has 13 heavy (non-hydrogen) atoms. The number of thiophene rings is 1. The predicted molar refractivity (Wildman–Crippen MR) is 51.3 cm³/mol. The van der Waals surface area contributed by atoms with E-state index in [1.54, 1.807) is 18.4 Å². The van der Waals surface area contributed by atoms with E-state index in [4.69, 9.17) is 11.6 Å². The molecule has 2 atom stereocenters. The van der Waals surface area contributed by atoms with Gasteiger partial charge in [-0.3, -0.25) is 4.79 Å². The maximum Gasteiger partial charge on any atom is 0.183 e. The Kier molecular flexibility index (Phi) is 1.96. The summed E-state index contributed by atoms with van der Waals surface area (Å²) in [5, 5.41) is 2.18. The summed E-state index contributed by atoms with van der Waals surface area (Å²) >= 11 is 7.06. The van der Waals surface area contributed by atoms with E-state index in [0.717, 1.165) is 0 Å². The molecule has 4 heteroatoms. The third-order valence-corrected chi connectivity index (χ3v) is 3.82. The Morgan fingerprint density at radius 2 is 2.46 bits per heavy atom. The average molecular weight is 219 g/mol. The van der Waals surface area contributed by atoms with Crippen molar-refractivity contribution in [1.82, 2.24) is 0 Å². The molecule has 1 fully saturated rings. The molecule has 0 spiro atoms. The molecule has 0 radical (unpaired) electrons. The van der Waals surface area contributed by atoms with Gasteiger partial charge in [-0.15, -0.1) is 11.3 Å². The number of carbonyl (C=O) groups is 1. The summed E-state index contributed by atoms with van der Waals surface area (Å²) in [4.78, 5) is 12.2. The molecule has 70 valence electrons. The highest BCUT2D eigenvalue weighted by Crippen LogP contribution is 2.51. The number of alkyl halides is 1. The SMILES string of the molecule is CC1(C(=O)c2sccc2Cl)CC1F. The van der Waals surface area contributed by atoms with Crippen LogP contribution in [0.2, 0.25) is 5.02 Å². The van der Waals surface area contributed by atoms with Crippen LogP contribution < -0.4 is 0 Å². The number of halogens is 2. The summed E-state index contributed by atoms with van der Waals surface area (Å²) in [7, 11) is 0. The fourth-order valence-electron chi connectivity index (χ4n) is 1.26. The molecule has 0 bridgehead atoms. The summed E-state index contributed by atoms with van der Waals surface area (Å²) in [6.45, 7) is 1.65. The van der Waals surface area contributed by atoms with Gasteiger partial charge in [-0.25, -0.2) is 4.39 Å². The van der Waals surface area contributed by atoms with Crippen LogP contribution in [0.25, 0.3) is 0 Å². The van der Waals surface area contributed by atoms with Gasteiger partial charge in [0.15, 0.2) is 5.78 Å². The van der Waals surface area contributed by atoms with Crippen molar-refractivity contribution >= 4 is 28.7 Å². The number of hydrogen-bond donors (Lipinski definition) is 0. The second kappa shape index (κ2) is 2.79. The van der Waals surface area contributed by atoms with Crippen molar-refractivity contribution in [1.29, 1.82) is 0 Å². The lowest BCUT2D eigenvalue weighted by Gasteiger charge is -2.04. The molecule has 1 aliphatic rings. The number of carbonyl (C=O) groups excluding carboxylic acids is 1. The maximum atomic E-state index is 12.9. The molecule has 1 heterocycles. The lowest BCUT2D eigenvalue weighted by molar-refractivity contribution is 0.0898. The minimum atomic E-state index is -0.988. The Hall–Kier alpha value is -0.410. The fraction of sp³-hybridized carbons (Fsp3) is 0.444. The highest BCUT2D eigenvalue weighted by molar-refractivity contribution is 7.12. The van der Waals surface area contributed by atoms with Gasteiger partial charge in [0.2, 0.25) is 0 Å². The number of Topliss-reactive ketones (excluding diaryl/α,β-unsaturated/α-hetero) is 1. The summed E-state index contributed by atoms with van der Waals surface area (Å²) in [5.74, 6) is -0.153. The van der Waals surface area contributed by atoms with Gasteiger partial charge in [0.25, 0.3) is 0 Å². The van der Waals surface area contributed by atoms with Crippen molar-refractivity contribution in [2.75, 3.05) is 0 Å². The molecule has 1 nitrogen and oxygen atoms in total. The van der Waals surface area contributed by atoms with Crippen LogP contribution in [-0.2, 0) is 0 Å². The average Bonchev–Trinajstić information content (AvgIpc) is 2.52. The fourth-order valence-corrected chi connectivity index (χ4v) is 2.48. The Labute approximate surface area is 84.5 Å². The number of ketones is 1. The first kappa shape index (κ1) is 9.16. The molecule has 1 aromatic rings. The van der Waals surface area contributed by atoms with E-state index < -0.39 is 11.6 Å². The van der Waals surface area contributed by atoms with Crippen LogP contribution in [0.1, 0.15) is 23.0 Å². The molecule has 2 rings (SSSR count). The van der Waals surface area contributed by atoms with Gasteiger partial charge < -0.3 is 0 Å². The molecule has 1 aliphatic carbocycles. The van der Waals surface area contributed by atoms with Gasteiger partial charge in [-0.1, -0.05) is 11.6 Å². The molecule has 0 saturated heterocycles. The van der Waals surface area contributed by atoms with Crippen molar-refractivity contribution in [3.05, 3.63) is 21.3 Å².